The van der Waals surface area contributed by atoms with Crippen molar-refractivity contribution < 1.29 is 9.90 Å². The van der Waals surface area contributed by atoms with E-state index in [0.717, 1.165) is 15.0 Å². The van der Waals surface area contributed by atoms with Crippen molar-refractivity contribution in [1.29, 1.82) is 0 Å². The summed E-state index contributed by atoms with van der Waals surface area (Å²) >= 11 is 10.8. The maximum absolute atomic E-state index is 11.2. The van der Waals surface area contributed by atoms with E-state index in [0.29, 0.717) is 10.7 Å². The molecule has 2 aromatic rings. The number of carboxylic acid groups (broad SMARTS) is 1. The molecule has 1 heterocycles. The van der Waals surface area contributed by atoms with E-state index in [-0.39, 0.29) is 0 Å². The van der Waals surface area contributed by atoms with Gasteiger partial charge in [0.15, 0.2) is 0 Å². The molecule has 1 N–H and O–H groups in total. The van der Waals surface area contributed by atoms with Crippen LogP contribution in [0, 0.1) is 0 Å². The molecule has 0 bridgehead atoms. The number of rotatable bonds is 3. The Morgan fingerprint density at radius 1 is 1.47 bits per heavy atom. The summed E-state index contributed by atoms with van der Waals surface area (Å²) in [5.41, 5.74) is 0.414. The number of benzene rings is 1. The van der Waals surface area contributed by atoms with Gasteiger partial charge in [-0.3, -0.25) is 4.79 Å². The van der Waals surface area contributed by atoms with Crippen molar-refractivity contribution in [3.63, 3.8) is 0 Å². The van der Waals surface area contributed by atoms with Gasteiger partial charge in [-0.1, -0.05) is 27.5 Å². The summed E-state index contributed by atoms with van der Waals surface area (Å²) in [6, 6.07) is 5.44. The number of aliphatic carboxylic acids is 1. The highest BCUT2D eigenvalue weighted by Crippen LogP contribution is 2.35. The SMILES string of the molecule is CC(C)(C(=O)O)c1csc(-c2cc(Cl)ccc2Br)n1. The average molecular weight is 361 g/mol. The van der Waals surface area contributed by atoms with Crippen LogP contribution in [0.3, 0.4) is 0 Å². The van der Waals surface area contributed by atoms with Gasteiger partial charge in [0.2, 0.25) is 0 Å². The fourth-order valence-electron chi connectivity index (χ4n) is 1.46. The number of hydrogen-bond donors (Lipinski definition) is 1. The molecule has 1 aromatic carbocycles. The van der Waals surface area contributed by atoms with E-state index in [2.05, 4.69) is 20.9 Å². The summed E-state index contributed by atoms with van der Waals surface area (Å²) < 4.78 is 0.880. The first kappa shape index (κ1) is 14.5. The number of carbonyl (C=O) groups is 1. The van der Waals surface area contributed by atoms with Crippen LogP contribution in [0.1, 0.15) is 19.5 Å². The minimum Gasteiger partial charge on any atom is -0.481 e. The molecule has 0 fully saturated rings. The van der Waals surface area contributed by atoms with Crippen molar-refractivity contribution in [1.82, 2.24) is 4.98 Å². The largest absolute Gasteiger partial charge is 0.481 e. The summed E-state index contributed by atoms with van der Waals surface area (Å²) in [5.74, 6) is -0.894. The fourth-order valence-corrected chi connectivity index (χ4v) is 3.21. The van der Waals surface area contributed by atoms with Crippen molar-refractivity contribution >= 4 is 44.8 Å². The van der Waals surface area contributed by atoms with E-state index in [1.54, 1.807) is 25.3 Å². The molecule has 0 aliphatic carbocycles. The highest BCUT2D eigenvalue weighted by atomic mass is 79.9. The smallest absolute Gasteiger partial charge is 0.315 e. The predicted octanol–water partition coefficient (Wildman–Crippen LogP) is 4.59. The molecule has 0 aliphatic heterocycles. The Morgan fingerprint density at radius 3 is 2.79 bits per heavy atom. The Balaban J connectivity index is 2.47. The molecular weight excluding hydrogens is 350 g/mol. The number of hydrogen-bond acceptors (Lipinski definition) is 3. The normalized spacial score (nSPS) is 11.6. The molecule has 0 unspecified atom stereocenters. The maximum atomic E-state index is 11.2. The van der Waals surface area contributed by atoms with Crippen LogP contribution in [-0.4, -0.2) is 16.1 Å². The average Bonchev–Trinajstić information content (AvgIpc) is 2.82. The lowest BCUT2D eigenvalue weighted by molar-refractivity contribution is -0.142. The molecule has 3 nitrogen and oxygen atoms in total. The monoisotopic (exact) mass is 359 g/mol. The number of aromatic nitrogens is 1. The van der Waals surface area contributed by atoms with Crippen LogP contribution in [0.25, 0.3) is 10.6 Å². The van der Waals surface area contributed by atoms with Crippen molar-refractivity contribution in [2.24, 2.45) is 0 Å². The van der Waals surface area contributed by atoms with Crippen molar-refractivity contribution in [2.75, 3.05) is 0 Å². The van der Waals surface area contributed by atoms with Gasteiger partial charge in [0, 0.05) is 20.4 Å². The van der Waals surface area contributed by atoms with Crippen LogP contribution >= 0.6 is 38.9 Å². The fraction of sp³-hybridized carbons (Fsp3) is 0.231. The molecule has 19 heavy (non-hydrogen) atoms. The van der Waals surface area contributed by atoms with Gasteiger partial charge in [0.05, 0.1) is 5.69 Å². The van der Waals surface area contributed by atoms with E-state index in [9.17, 15) is 9.90 Å². The van der Waals surface area contributed by atoms with Crippen molar-refractivity contribution in [2.45, 2.75) is 19.3 Å². The molecule has 0 saturated carbocycles. The first-order chi connectivity index (χ1) is 8.82. The zero-order chi connectivity index (χ0) is 14.2. The molecule has 0 spiro atoms. The summed E-state index contributed by atoms with van der Waals surface area (Å²) in [5, 5.41) is 12.3. The molecule has 0 aliphatic rings. The molecule has 0 atom stereocenters. The van der Waals surface area contributed by atoms with Crippen molar-refractivity contribution in [3.8, 4) is 10.6 Å². The van der Waals surface area contributed by atoms with Gasteiger partial charge in [0.25, 0.3) is 0 Å². The predicted molar refractivity (Wildman–Crippen MR) is 80.9 cm³/mol. The third-order valence-electron chi connectivity index (χ3n) is 2.84. The Kier molecular flexibility index (Phi) is 3.99. The highest BCUT2D eigenvalue weighted by molar-refractivity contribution is 9.10. The topological polar surface area (TPSA) is 50.2 Å². The number of carboxylic acids is 1. The molecule has 2 rings (SSSR count). The van der Waals surface area contributed by atoms with Gasteiger partial charge in [0.1, 0.15) is 10.4 Å². The number of nitrogens with zero attached hydrogens (tertiary/aromatic N) is 1. The first-order valence-corrected chi connectivity index (χ1v) is 7.52. The second-order valence-electron chi connectivity index (χ2n) is 4.59. The summed E-state index contributed by atoms with van der Waals surface area (Å²) in [4.78, 5) is 15.6. The molecule has 100 valence electrons. The van der Waals surface area contributed by atoms with E-state index >= 15 is 0 Å². The van der Waals surface area contributed by atoms with E-state index < -0.39 is 11.4 Å². The molecular formula is C13H11BrClNO2S. The maximum Gasteiger partial charge on any atom is 0.315 e. The van der Waals surface area contributed by atoms with Gasteiger partial charge >= 0.3 is 5.97 Å². The zero-order valence-electron chi connectivity index (χ0n) is 10.3. The molecule has 0 radical (unpaired) electrons. The van der Waals surface area contributed by atoms with Gasteiger partial charge < -0.3 is 5.11 Å². The van der Waals surface area contributed by atoms with Gasteiger partial charge in [-0.05, 0) is 32.0 Å². The molecule has 6 heteroatoms. The van der Waals surface area contributed by atoms with Crippen LogP contribution in [-0.2, 0) is 10.2 Å². The van der Waals surface area contributed by atoms with Crippen LogP contribution in [0.15, 0.2) is 28.1 Å². The third-order valence-corrected chi connectivity index (χ3v) is 4.64. The number of thiazole rings is 1. The zero-order valence-corrected chi connectivity index (χ0v) is 13.4. The van der Waals surface area contributed by atoms with Gasteiger partial charge in [-0.15, -0.1) is 11.3 Å². The van der Waals surface area contributed by atoms with E-state index in [1.165, 1.54) is 11.3 Å². The lowest BCUT2D eigenvalue weighted by atomic mass is 9.90. The standard InChI is InChI=1S/C13H11BrClNO2S/c1-13(2,12(17)18)10-6-19-11(16-10)8-5-7(15)3-4-9(8)14/h3-6H,1-2H3,(H,17,18). The van der Waals surface area contributed by atoms with Crippen LogP contribution in [0.5, 0.6) is 0 Å². The van der Waals surface area contributed by atoms with Crippen molar-refractivity contribution in [3.05, 3.63) is 38.8 Å². The second-order valence-corrected chi connectivity index (χ2v) is 6.74. The highest BCUT2D eigenvalue weighted by Gasteiger charge is 2.32. The molecule has 1 aromatic heterocycles. The summed E-state index contributed by atoms with van der Waals surface area (Å²) in [7, 11) is 0. The van der Waals surface area contributed by atoms with Gasteiger partial charge in [-0.25, -0.2) is 4.98 Å². The Bertz CT molecular complexity index is 639. The van der Waals surface area contributed by atoms with Gasteiger partial charge in [-0.2, -0.15) is 0 Å². The van der Waals surface area contributed by atoms with E-state index in [4.69, 9.17) is 11.6 Å². The van der Waals surface area contributed by atoms with Crippen LogP contribution in [0.4, 0.5) is 0 Å². The Morgan fingerprint density at radius 2 is 2.16 bits per heavy atom. The summed E-state index contributed by atoms with van der Waals surface area (Å²) in [6.07, 6.45) is 0. The molecule has 0 amide bonds. The van der Waals surface area contributed by atoms with E-state index in [1.807, 2.05) is 12.1 Å². The Labute approximate surface area is 128 Å². The lowest BCUT2D eigenvalue weighted by Crippen LogP contribution is -2.28. The quantitative estimate of drug-likeness (QED) is 0.871. The minimum absolute atomic E-state index is 0.548. The second kappa shape index (κ2) is 5.23. The van der Waals surface area contributed by atoms with Crippen LogP contribution < -0.4 is 0 Å². The first-order valence-electron chi connectivity index (χ1n) is 5.47. The minimum atomic E-state index is -1.00. The van der Waals surface area contributed by atoms with Crippen LogP contribution in [0.2, 0.25) is 5.02 Å². The Hall–Kier alpha value is -0.910. The number of halogens is 2. The summed E-state index contributed by atoms with van der Waals surface area (Å²) in [6.45, 7) is 3.28. The third kappa shape index (κ3) is 2.83. The molecule has 0 saturated heterocycles. The lowest BCUT2D eigenvalue weighted by Gasteiger charge is -2.15.